The second kappa shape index (κ2) is 11.6. The molecule has 0 saturated heterocycles. The summed E-state index contributed by atoms with van der Waals surface area (Å²) < 4.78 is 11.0. The standard InChI is InChI=1S/C32H33NO3/c1-5-32(34)36-25(4)22-35-31-20-12-27(13-21-31)26-10-18-30(19-11-26)33(28-14-6-23(2)7-15-28)29-16-8-24(3)9-17-29/h6-21,25H,5,22H2,1-4H3. The quantitative estimate of drug-likeness (QED) is 0.227. The molecule has 0 amide bonds. The van der Waals surface area contributed by atoms with Crippen molar-refractivity contribution in [2.24, 2.45) is 0 Å². The lowest BCUT2D eigenvalue weighted by Gasteiger charge is -2.26. The number of carbonyl (C=O) groups excluding carboxylic acids is 1. The van der Waals surface area contributed by atoms with E-state index in [1.165, 1.54) is 11.1 Å². The molecular weight excluding hydrogens is 446 g/mol. The number of aryl methyl sites for hydroxylation is 2. The highest BCUT2D eigenvalue weighted by atomic mass is 16.6. The molecule has 0 saturated carbocycles. The Hall–Kier alpha value is -4.05. The van der Waals surface area contributed by atoms with Crippen LogP contribution < -0.4 is 9.64 Å². The van der Waals surface area contributed by atoms with Gasteiger partial charge in [0, 0.05) is 23.5 Å². The fraction of sp³-hybridized carbons (Fsp3) is 0.219. The van der Waals surface area contributed by atoms with Crippen LogP contribution in [0.5, 0.6) is 5.75 Å². The Kier molecular flexibility index (Phi) is 8.06. The minimum atomic E-state index is -0.283. The maximum Gasteiger partial charge on any atom is 0.305 e. The van der Waals surface area contributed by atoms with Crippen molar-refractivity contribution in [2.75, 3.05) is 11.5 Å². The zero-order valence-electron chi connectivity index (χ0n) is 21.4. The molecule has 0 spiro atoms. The number of hydrogen-bond donors (Lipinski definition) is 0. The molecule has 0 bridgehead atoms. The van der Waals surface area contributed by atoms with E-state index < -0.39 is 0 Å². The average Bonchev–Trinajstić information content (AvgIpc) is 2.90. The Bertz CT molecular complexity index is 1220. The summed E-state index contributed by atoms with van der Waals surface area (Å²) in [5.41, 5.74) is 8.06. The fourth-order valence-corrected chi connectivity index (χ4v) is 3.94. The number of benzene rings is 4. The van der Waals surface area contributed by atoms with E-state index in [4.69, 9.17) is 9.47 Å². The van der Waals surface area contributed by atoms with Crippen LogP contribution in [0, 0.1) is 13.8 Å². The van der Waals surface area contributed by atoms with Gasteiger partial charge in [-0.05, 0) is 80.4 Å². The summed E-state index contributed by atoms with van der Waals surface area (Å²) in [6.45, 7) is 8.15. The Labute approximate surface area is 214 Å². The van der Waals surface area contributed by atoms with Crippen molar-refractivity contribution in [1.82, 2.24) is 0 Å². The molecule has 4 nitrogen and oxygen atoms in total. The molecule has 0 radical (unpaired) electrons. The first-order valence-corrected chi connectivity index (χ1v) is 12.4. The molecule has 0 fully saturated rings. The predicted molar refractivity (Wildman–Crippen MR) is 147 cm³/mol. The van der Waals surface area contributed by atoms with E-state index in [0.29, 0.717) is 13.0 Å². The summed E-state index contributed by atoms with van der Waals surface area (Å²) >= 11 is 0. The van der Waals surface area contributed by atoms with E-state index in [1.54, 1.807) is 6.92 Å². The molecule has 0 aliphatic heterocycles. The zero-order valence-corrected chi connectivity index (χ0v) is 21.4. The molecule has 0 aliphatic rings. The van der Waals surface area contributed by atoms with Gasteiger partial charge in [-0.3, -0.25) is 4.79 Å². The molecule has 0 aliphatic carbocycles. The first kappa shape index (κ1) is 25.1. The number of anilines is 3. The number of carbonyl (C=O) groups is 1. The summed E-state index contributed by atoms with van der Waals surface area (Å²) in [6, 6.07) is 33.8. The van der Waals surface area contributed by atoms with Crippen LogP contribution in [0.15, 0.2) is 97.1 Å². The lowest BCUT2D eigenvalue weighted by molar-refractivity contribution is -0.149. The lowest BCUT2D eigenvalue weighted by atomic mass is 10.0. The SMILES string of the molecule is CCC(=O)OC(C)COc1ccc(-c2ccc(N(c3ccc(C)cc3)c3ccc(C)cc3)cc2)cc1. The Balaban J connectivity index is 1.50. The van der Waals surface area contributed by atoms with Gasteiger partial charge >= 0.3 is 5.97 Å². The maximum absolute atomic E-state index is 11.4. The summed E-state index contributed by atoms with van der Waals surface area (Å²) in [5, 5.41) is 0. The van der Waals surface area contributed by atoms with Gasteiger partial charge in [0.15, 0.2) is 0 Å². The van der Waals surface area contributed by atoms with E-state index in [9.17, 15) is 4.79 Å². The molecule has 4 heteroatoms. The smallest absolute Gasteiger partial charge is 0.305 e. The summed E-state index contributed by atoms with van der Waals surface area (Å²) in [7, 11) is 0. The third-order valence-electron chi connectivity index (χ3n) is 6.00. The number of hydrogen-bond acceptors (Lipinski definition) is 4. The highest BCUT2D eigenvalue weighted by Crippen LogP contribution is 2.36. The molecule has 36 heavy (non-hydrogen) atoms. The molecule has 0 heterocycles. The molecule has 0 N–H and O–H groups in total. The van der Waals surface area contributed by atoms with Gasteiger partial charge in [-0.25, -0.2) is 0 Å². The van der Waals surface area contributed by atoms with Crippen LogP contribution in [0.2, 0.25) is 0 Å². The van der Waals surface area contributed by atoms with Crippen molar-refractivity contribution < 1.29 is 14.3 Å². The number of nitrogens with zero attached hydrogens (tertiary/aromatic N) is 1. The normalized spacial score (nSPS) is 11.6. The average molecular weight is 480 g/mol. The van der Waals surface area contributed by atoms with Crippen LogP contribution in [0.3, 0.4) is 0 Å². The van der Waals surface area contributed by atoms with Crippen molar-refractivity contribution in [2.45, 2.75) is 40.2 Å². The van der Waals surface area contributed by atoms with Gasteiger partial charge in [0.05, 0.1) is 0 Å². The van der Waals surface area contributed by atoms with E-state index in [0.717, 1.165) is 33.9 Å². The van der Waals surface area contributed by atoms with Crippen LogP contribution in [0.25, 0.3) is 11.1 Å². The fourth-order valence-electron chi connectivity index (χ4n) is 3.94. The van der Waals surface area contributed by atoms with Crippen LogP contribution in [0.4, 0.5) is 17.1 Å². The topological polar surface area (TPSA) is 38.8 Å². The second-order valence-corrected chi connectivity index (χ2v) is 9.04. The van der Waals surface area contributed by atoms with Gasteiger partial charge in [-0.1, -0.05) is 66.6 Å². The number of esters is 1. The molecule has 0 aromatic heterocycles. The molecule has 4 rings (SSSR count). The Morgan fingerprint density at radius 2 is 1.11 bits per heavy atom. The van der Waals surface area contributed by atoms with E-state index in [2.05, 4.69) is 91.5 Å². The molecular formula is C32H33NO3. The van der Waals surface area contributed by atoms with Crippen molar-refractivity contribution in [3.8, 4) is 16.9 Å². The highest BCUT2D eigenvalue weighted by molar-refractivity contribution is 5.78. The van der Waals surface area contributed by atoms with Gasteiger partial charge in [0.2, 0.25) is 0 Å². The van der Waals surface area contributed by atoms with Crippen molar-refractivity contribution in [1.29, 1.82) is 0 Å². The monoisotopic (exact) mass is 479 g/mol. The lowest BCUT2D eigenvalue weighted by Crippen LogP contribution is -2.21. The van der Waals surface area contributed by atoms with E-state index >= 15 is 0 Å². The van der Waals surface area contributed by atoms with Crippen LogP contribution in [-0.2, 0) is 9.53 Å². The Morgan fingerprint density at radius 3 is 1.56 bits per heavy atom. The minimum Gasteiger partial charge on any atom is -0.490 e. The summed E-state index contributed by atoms with van der Waals surface area (Å²) in [6.07, 6.45) is 0.0840. The number of ether oxygens (including phenoxy) is 2. The summed E-state index contributed by atoms with van der Waals surface area (Å²) in [4.78, 5) is 13.7. The third kappa shape index (κ3) is 6.33. The van der Waals surface area contributed by atoms with Crippen molar-refractivity contribution in [3.63, 3.8) is 0 Å². The maximum atomic E-state index is 11.4. The predicted octanol–water partition coefficient (Wildman–Crippen LogP) is 8.16. The summed E-state index contributed by atoms with van der Waals surface area (Å²) in [5.74, 6) is 0.535. The van der Waals surface area contributed by atoms with Gasteiger partial charge in [0.1, 0.15) is 18.5 Å². The second-order valence-electron chi connectivity index (χ2n) is 9.04. The van der Waals surface area contributed by atoms with Gasteiger partial charge < -0.3 is 14.4 Å². The van der Waals surface area contributed by atoms with Crippen LogP contribution >= 0.6 is 0 Å². The first-order valence-electron chi connectivity index (χ1n) is 12.4. The van der Waals surface area contributed by atoms with Gasteiger partial charge in [0.25, 0.3) is 0 Å². The number of rotatable bonds is 9. The largest absolute Gasteiger partial charge is 0.490 e. The molecule has 4 aromatic rings. The molecule has 4 aromatic carbocycles. The molecule has 184 valence electrons. The Morgan fingerprint density at radius 1 is 0.694 bits per heavy atom. The van der Waals surface area contributed by atoms with Crippen molar-refractivity contribution >= 4 is 23.0 Å². The minimum absolute atomic E-state index is 0.215. The molecule has 1 unspecified atom stereocenters. The van der Waals surface area contributed by atoms with Crippen LogP contribution in [-0.4, -0.2) is 18.7 Å². The third-order valence-corrected chi connectivity index (χ3v) is 6.00. The zero-order chi connectivity index (χ0) is 25.5. The van der Waals surface area contributed by atoms with E-state index in [-0.39, 0.29) is 12.1 Å². The highest BCUT2D eigenvalue weighted by Gasteiger charge is 2.13. The first-order chi connectivity index (χ1) is 17.4. The van der Waals surface area contributed by atoms with Crippen molar-refractivity contribution in [3.05, 3.63) is 108 Å². The van der Waals surface area contributed by atoms with Crippen LogP contribution in [0.1, 0.15) is 31.4 Å². The van der Waals surface area contributed by atoms with Gasteiger partial charge in [-0.2, -0.15) is 0 Å². The van der Waals surface area contributed by atoms with E-state index in [1.807, 2.05) is 31.2 Å². The van der Waals surface area contributed by atoms with Gasteiger partial charge in [-0.15, -0.1) is 0 Å². The molecule has 1 atom stereocenters.